The summed E-state index contributed by atoms with van der Waals surface area (Å²) in [7, 11) is 1.62. The van der Waals surface area contributed by atoms with Crippen LogP contribution in [0.2, 0.25) is 0 Å². The highest BCUT2D eigenvalue weighted by Crippen LogP contribution is 2.12. The third-order valence-corrected chi connectivity index (χ3v) is 3.48. The van der Waals surface area contributed by atoms with E-state index in [0.717, 1.165) is 5.56 Å². The van der Waals surface area contributed by atoms with Gasteiger partial charge in [0.05, 0.1) is 19.6 Å². The van der Waals surface area contributed by atoms with E-state index in [1.165, 1.54) is 9.80 Å². The largest absolute Gasteiger partial charge is 0.492 e. The molecule has 1 saturated heterocycles. The number of thiocarbonyl (C=S) groups is 1. The number of amides is 2. The van der Waals surface area contributed by atoms with E-state index in [1.807, 2.05) is 0 Å². The molecule has 0 bridgehead atoms. The van der Waals surface area contributed by atoms with Gasteiger partial charge in [-0.15, -0.1) is 0 Å². The van der Waals surface area contributed by atoms with Crippen LogP contribution in [0.1, 0.15) is 5.56 Å². The van der Waals surface area contributed by atoms with E-state index in [-0.39, 0.29) is 24.9 Å². The Bertz CT molecular complexity index is 559. The van der Waals surface area contributed by atoms with Crippen LogP contribution in [0.3, 0.4) is 0 Å². The molecule has 0 unspecified atom stereocenters. The molecule has 1 aliphatic heterocycles. The Morgan fingerprint density at radius 1 is 1.24 bits per heavy atom. The fourth-order valence-electron chi connectivity index (χ4n) is 1.96. The second-order valence-corrected chi connectivity index (χ2v) is 5.24. The second-order valence-electron chi connectivity index (χ2n) is 4.80. The normalized spacial score (nSPS) is 15.3. The fraction of sp³-hybridized carbons (Fsp3) is 0.357. The summed E-state index contributed by atoms with van der Waals surface area (Å²) in [6.07, 6.45) is 0. The average molecular weight is 307 g/mol. The fourth-order valence-corrected chi connectivity index (χ4v) is 2.09. The van der Waals surface area contributed by atoms with Gasteiger partial charge in [0.25, 0.3) is 0 Å². The summed E-state index contributed by atoms with van der Waals surface area (Å²) >= 11 is 4.87. The van der Waals surface area contributed by atoms with Crippen molar-refractivity contribution >= 4 is 29.0 Å². The number of ether oxygens (including phenoxy) is 1. The lowest BCUT2D eigenvalue weighted by atomic mass is 10.2. The number of carbonyl (C=O) groups is 2. The molecule has 0 aromatic heterocycles. The van der Waals surface area contributed by atoms with Gasteiger partial charge in [-0.2, -0.15) is 0 Å². The minimum atomic E-state index is -0.0653. The third-order valence-electron chi connectivity index (χ3n) is 3.25. The predicted octanol–water partition coefficient (Wildman–Crippen LogP) is 0.000200. The Morgan fingerprint density at radius 3 is 2.52 bits per heavy atom. The minimum absolute atomic E-state index is 0.0598. The Balaban J connectivity index is 1.82. The van der Waals surface area contributed by atoms with E-state index >= 15 is 0 Å². The molecule has 0 spiro atoms. The Morgan fingerprint density at radius 2 is 1.90 bits per heavy atom. The molecule has 2 rings (SSSR count). The second kappa shape index (κ2) is 6.53. The first-order valence-electron chi connectivity index (χ1n) is 6.52. The molecular weight excluding hydrogens is 290 g/mol. The number of nitrogens with zero attached hydrogens (tertiary/aromatic N) is 2. The van der Waals surface area contributed by atoms with Gasteiger partial charge in [-0.1, -0.05) is 12.2 Å². The molecule has 1 fully saturated rings. The van der Waals surface area contributed by atoms with E-state index in [0.29, 0.717) is 23.9 Å². The maximum atomic E-state index is 11.8. The molecule has 112 valence electrons. The lowest BCUT2D eigenvalue weighted by Gasteiger charge is -2.31. The molecule has 7 heteroatoms. The van der Waals surface area contributed by atoms with Crippen LogP contribution >= 0.6 is 12.2 Å². The summed E-state index contributed by atoms with van der Waals surface area (Å²) in [5, 5.41) is 0. The lowest BCUT2D eigenvalue weighted by Crippen LogP contribution is -2.53. The van der Waals surface area contributed by atoms with Crippen molar-refractivity contribution in [2.45, 2.75) is 0 Å². The van der Waals surface area contributed by atoms with E-state index in [2.05, 4.69) is 0 Å². The molecule has 0 radical (unpaired) electrons. The first-order valence-corrected chi connectivity index (χ1v) is 6.92. The summed E-state index contributed by atoms with van der Waals surface area (Å²) in [6.45, 7) is 0.950. The van der Waals surface area contributed by atoms with Crippen molar-refractivity contribution in [1.29, 1.82) is 0 Å². The maximum absolute atomic E-state index is 11.8. The van der Waals surface area contributed by atoms with Crippen molar-refractivity contribution in [3.8, 4) is 5.75 Å². The van der Waals surface area contributed by atoms with Crippen molar-refractivity contribution < 1.29 is 14.3 Å². The van der Waals surface area contributed by atoms with Crippen LogP contribution in [0.15, 0.2) is 24.3 Å². The molecule has 2 N–H and O–H groups in total. The molecule has 0 aliphatic carbocycles. The first kappa shape index (κ1) is 15.2. The Labute approximate surface area is 128 Å². The molecule has 0 atom stereocenters. The van der Waals surface area contributed by atoms with Crippen molar-refractivity contribution in [3.05, 3.63) is 29.8 Å². The number of benzene rings is 1. The van der Waals surface area contributed by atoms with Crippen molar-refractivity contribution in [3.63, 3.8) is 0 Å². The number of rotatable bonds is 5. The van der Waals surface area contributed by atoms with Crippen molar-refractivity contribution in [2.24, 2.45) is 5.73 Å². The van der Waals surface area contributed by atoms with Gasteiger partial charge in [0.1, 0.15) is 17.3 Å². The van der Waals surface area contributed by atoms with Crippen molar-refractivity contribution in [2.75, 3.05) is 33.3 Å². The molecule has 1 heterocycles. The zero-order valence-electron chi connectivity index (χ0n) is 11.7. The molecule has 21 heavy (non-hydrogen) atoms. The number of hydrogen-bond acceptors (Lipinski definition) is 4. The first-order chi connectivity index (χ1) is 9.97. The molecule has 6 nitrogen and oxygen atoms in total. The van der Waals surface area contributed by atoms with Gasteiger partial charge in [0.2, 0.25) is 11.8 Å². The summed E-state index contributed by atoms with van der Waals surface area (Å²) in [4.78, 5) is 26.6. The SMILES string of the molecule is CN1CC(=O)N(CCOc2ccc(C(N)=S)cc2)CC1=O. The highest BCUT2D eigenvalue weighted by atomic mass is 32.1. The van der Waals surface area contributed by atoms with Gasteiger partial charge in [0, 0.05) is 12.6 Å². The zero-order valence-corrected chi connectivity index (χ0v) is 12.6. The number of carbonyl (C=O) groups excluding carboxylic acids is 2. The minimum Gasteiger partial charge on any atom is -0.492 e. The molecule has 1 aromatic carbocycles. The van der Waals surface area contributed by atoms with Gasteiger partial charge >= 0.3 is 0 Å². The van der Waals surface area contributed by atoms with Crippen LogP contribution in [0.25, 0.3) is 0 Å². The van der Waals surface area contributed by atoms with E-state index < -0.39 is 0 Å². The molecule has 2 amide bonds. The topological polar surface area (TPSA) is 75.9 Å². The number of hydrogen-bond donors (Lipinski definition) is 1. The highest BCUT2D eigenvalue weighted by molar-refractivity contribution is 7.80. The average Bonchev–Trinajstić information content (AvgIpc) is 2.45. The monoisotopic (exact) mass is 307 g/mol. The molecule has 1 aromatic rings. The number of nitrogens with two attached hydrogens (primary N) is 1. The maximum Gasteiger partial charge on any atom is 0.242 e. The standard InChI is InChI=1S/C14H17N3O3S/c1-16-8-13(19)17(9-12(16)18)6-7-20-11-4-2-10(3-5-11)14(15)21/h2-5H,6-9H2,1H3,(H2,15,21). The summed E-state index contributed by atoms with van der Waals surface area (Å²) in [5.41, 5.74) is 6.29. The third kappa shape index (κ3) is 3.91. The van der Waals surface area contributed by atoms with E-state index in [1.54, 1.807) is 31.3 Å². The lowest BCUT2D eigenvalue weighted by molar-refractivity contribution is -0.149. The van der Waals surface area contributed by atoms with Gasteiger partial charge in [-0.25, -0.2) is 0 Å². The zero-order chi connectivity index (χ0) is 15.4. The summed E-state index contributed by atoms with van der Waals surface area (Å²) in [5.74, 6) is 0.544. The van der Waals surface area contributed by atoms with Crippen LogP contribution in [0.5, 0.6) is 5.75 Å². The Kier molecular flexibility index (Phi) is 4.74. The highest BCUT2D eigenvalue weighted by Gasteiger charge is 2.26. The number of piperazine rings is 1. The van der Waals surface area contributed by atoms with E-state index in [4.69, 9.17) is 22.7 Å². The van der Waals surface area contributed by atoms with Gasteiger partial charge in [0.15, 0.2) is 0 Å². The van der Waals surface area contributed by atoms with Gasteiger partial charge in [-0.3, -0.25) is 9.59 Å². The van der Waals surface area contributed by atoms with Gasteiger partial charge < -0.3 is 20.3 Å². The molecular formula is C14H17N3O3S. The molecule has 0 saturated carbocycles. The number of likely N-dealkylation sites (N-methyl/N-ethyl adjacent to an activating group) is 1. The van der Waals surface area contributed by atoms with Crippen LogP contribution in [0, 0.1) is 0 Å². The van der Waals surface area contributed by atoms with Crippen molar-refractivity contribution in [1.82, 2.24) is 9.80 Å². The Hall–Kier alpha value is -2.15. The summed E-state index contributed by atoms with van der Waals surface area (Å²) in [6, 6.07) is 7.10. The quantitative estimate of drug-likeness (QED) is 0.775. The molecule has 1 aliphatic rings. The van der Waals surface area contributed by atoms with Crippen LogP contribution in [0.4, 0.5) is 0 Å². The van der Waals surface area contributed by atoms with Crippen LogP contribution < -0.4 is 10.5 Å². The predicted molar refractivity (Wildman–Crippen MR) is 82.0 cm³/mol. The summed E-state index contributed by atoms with van der Waals surface area (Å²) < 4.78 is 5.55. The van der Waals surface area contributed by atoms with Gasteiger partial charge in [-0.05, 0) is 24.3 Å². The van der Waals surface area contributed by atoms with Crippen LogP contribution in [-0.2, 0) is 9.59 Å². The van der Waals surface area contributed by atoms with E-state index in [9.17, 15) is 9.59 Å². The smallest absolute Gasteiger partial charge is 0.242 e. The van der Waals surface area contributed by atoms with Crippen LogP contribution in [-0.4, -0.2) is 59.9 Å².